The van der Waals surface area contributed by atoms with Gasteiger partial charge in [0.05, 0.1) is 21.6 Å². The lowest BCUT2D eigenvalue weighted by atomic mass is 9.66. The van der Waals surface area contributed by atoms with E-state index in [1.54, 1.807) is 4.57 Å². The van der Waals surface area contributed by atoms with E-state index >= 15 is 4.39 Å². The Hall–Kier alpha value is -2.12. The molecular formula is C20H21ClFN3O3. The topological polar surface area (TPSA) is 88.6 Å². The number of hydrogen-bond acceptors (Lipinski definition) is 4. The molecule has 1 saturated heterocycles. The highest BCUT2D eigenvalue weighted by Gasteiger charge is 2.49. The number of aromatic nitrogens is 1. The van der Waals surface area contributed by atoms with Gasteiger partial charge in [-0.05, 0) is 31.7 Å². The summed E-state index contributed by atoms with van der Waals surface area (Å²) in [6.07, 6.45) is 6.30. The van der Waals surface area contributed by atoms with Gasteiger partial charge in [0.1, 0.15) is 11.4 Å². The van der Waals surface area contributed by atoms with Gasteiger partial charge in [0.15, 0.2) is 0 Å². The molecule has 2 aromatic rings. The van der Waals surface area contributed by atoms with Crippen LogP contribution in [0.3, 0.4) is 0 Å². The highest BCUT2D eigenvalue weighted by molar-refractivity contribution is 6.38. The number of hydrogen-bond donors (Lipinski definition) is 2. The van der Waals surface area contributed by atoms with Gasteiger partial charge in [0.2, 0.25) is 5.43 Å². The van der Waals surface area contributed by atoms with Crippen LogP contribution in [0, 0.1) is 11.2 Å². The van der Waals surface area contributed by atoms with Crippen LogP contribution in [-0.4, -0.2) is 34.8 Å². The number of pyridine rings is 1. The van der Waals surface area contributed by atoms with Crippen LogP contribution >= 0.6 is 11.6 Å². The number of carbonyl (C=O) groups is 1. The van der Waals surface area contributed by atoms with Crippen molar-refractivity contribution in [3.05, 3.63) is 38.9 Å². The average molecular weight is 406 g/mol. The van der Waals surface area contributed by atoms with Gasteiger partial charge in [-0.2, -0.15) is 0 Å². The van der Waals surface area contributed by atoms with Crippen LogP contribution in [0.2, 0.25) is 5.02 Å². The average Bonchev–Trinajstić information content (AvgIpc) is 3.37. The first-order valence-corrected chi connectivity index (χ1v) is 10.0. The van der Waals surface area contributed by atoms with Crippen molar-refractivity contribution in [3.8, 4) is 0 Å². The Balaban J connectivity index is 1.72. The molecule has 0 amide bonds. The molecule has 8 heteroatoms. The molecule has 0 radical (unpaired) electrons. The molecule has 1 unspecified atom stereocenters. The smallest absolute Gasteiger partial charge is 0.341 e. The standard InChI is InChI=1S/C20H21ClFN3O3/c21-15-16-11(18(26)12(19(27)28)7-25(16)10-2-3-10)6-13(22)17(15)24-8-14(23)20(9-24)4-1-5-20/h6-7,10,14H,1-5,8-9,23H2,(H,27,28). The predicted molar refractivity (Wildman–Crippen MR) is 105 cm³/mol. The molecule has 1 atom stereocenters. The number of carboxylic acid groups (broad SMARTS) is 1. The van der Waals surface area contributed by atoms with Crippen molar-refractivity contribution >= 4 is 34.2 Å². The van der Waals surface area contributed by atoms with E-state index in [1.807, 2.05) is 4.90 Å². The Morgan fingerprint density at radius 2 is 2.07 bits per heavy atom. The lowest BCUT2D eigenvalue weighted by Crippen LogP contribution is -2.45. The summed E-state index contributed by atoms with van der Waals surface area (Å²) >= 11 is 6.68. The second-order valence-corrected chi connectivity index (χ2v) is 8.81. The molecule has 3 fully saturated rings. The summed E-state index contributed by atoms with van der Waals surface area (Å²) in [5, 5.41) is 9.56. The van der Waals surface area contributed by atoms with Crippen molar-refractivity contribution in [2.24, 2.45) is 11.1 Å². The minimum Gasteiger partial charge on any atom is -0.477 e. The van der Waals surface area contributed by atoms with Gasteiger partial charge in [-0.15, -0.1) is 0 Å². The second kappa shape index (κ2) is 5.94. The SMILES string of the molecule is NC1CN(c2c(F)cc3c(=O)c(C(=O)O)cn(C4CC4)c3c2Cl)CC12CCC2. The normalized spacial score (nSPS) is 23.4. The molecule has 3 aliphatic rings. The number of fused-ring (bicyclic) bond motifs is 1. The molecule has 0 bridgehead atoms. The monoisotopic (exact) mass is 405 g/mol. The fraction of sp³-hybridized carbons (Fsp3) is 0.500. The first kappa shape index (κ1) is 17.9. The van der Waals surface area contributed by atoms with Crippen LogP contribution in [0.5, 0.6) is 0 Å². The highest BCUT2D eigenvalue weighted by Crippen LogP contribution is 2.50. The molecular weight excluding hydrogens is 385 g/mol. The van der Waals surface area contributed by atoms with E-state index in [1.165, 1.54) is 6.20 Å². The number of anilines is 1. The van der Waals surface area contributed by atoms with Crippen LogP contribution in [0.15, 0.2) is 17.1 Å². The van der Waals surface area contributed by atoms with Crippen LogP contribution in [-0.2, 0) is 0 Å². The molecule has 1 aliphatic heterocycles. The first-order chi connectivity index (χ1) is 13.3. The minimum absolute atomic E-state index is 0.0138. The van der Waals surface area contributed by atoms with Gasteiger partial charge >= 0.3 is 5.97 Å². The number of benzene rings is 1. The number of halogens is 2. The van der Waals surface area contributed by atoms with Crippen LogP contribution < -0.4 is 16.1 Å². The maximum Gasteiger partial charge on any atom is 0.341 e. The van der Waals surface area contributed by atoms with Gasteiger partial charge in [-0.1, -0.05) is 18.0 Å². The minimum atomic E-state index is -1.32. The zero-order chi connectivity index (χ0) is 19.8. The number of rotatable bonds is 3. The number of nitrogens with two attached hydrogens (primary N) is 1. The van der Waals surface area contributed by atoms with Crippen LogP contribution in [0.4, 0.5) is 10.1 Å². The first-order valence-electron chi connectivity index (χ1n) is 9.63. The van der Waals surface area contributed by atoms with Crippen molar-refractivity contribution in [2.45, 2.75) is 44.2 Å². The summed E-state index contributed by atoms with van der Waals surface area (Å²) in [6, 6.07) is 1.19. The summed E-state index contributed by atoms with van der Waals surface area (Å²) < 4.78 is 16.9. The molecule has 2 saturated carbocycles. The van der Waals surface area contributed by atoms with Crippen molar-refractivity contribution in [2.75, 3.05) is 18.0 Å². The Labute approximate surface area is 165 Å². The summed E-state index contributed by atoms with van der Waals surface area (Å²) in [5.74, 6) is -1.93. The molecule has 28 heavy (non-hydrogen) atoms. The molecule has 1 aromatic heterocycles. The summed E-state index contributed by atoms with van der Waals surface area (Å²) in [7, 11) is 0. The van der Waals surface area contributed by atoms with Gasteiger partial charge in [0, 0.05) is 36.8 Å². The van der Waals surface area contributed by atoms with Gasteiger partial charge in [-0.25, -0.2) is 9.18 Å². The summed E-state index contributed by atoms with van der Waals surface area (Å²) in [4.78, 5) is 26.0. The fourth-order valence-electron chi connectivity index (χ4n) is 4.84. The lowest BCUT2D eigenvalue weighted by Gasteiger charge is -2.41. The Bertz CT molecular complexity index is 1070. The Morgan fingerprint density at radius 1 is 1.36 bits per heavy atom. The van der Waals surface area contributed by atoms with E-state index in [9.17, 15) is 14.7 Å². The predicted octanol–water partition coefficient (Wildman–Crippen LogP) is 3.14. The van der Waals surface area contributed by atoms with E-state index in [0.717, 1.165) is 38.2 Å². The van der Waals surface area contributed by atoms with Crippen LogP contribution in [0.25, 0.3) is 10.9 Å². The van der Waals surface area contributed by atoms with Crippen molar-refractivity contribution < 1.29 is 14.3 Å². The van der Waals surface area contributed by atoms with Gasteiger partial charge in [0.25, 0.3) is 0 Å². The van der Waals surface area contributed by atoms with Gasteiger partial charge in [-0.3, -0.25) is 4.79 Å². The third-order valence-electron chi connectivity index (χ3n) is 6.73. The number of nitrogens with zero attached hydrogens (tertiary/aromatic N) is 2. The largest absolute Gasteiger partial charge is 0.477 e. The van der Waals surface area contributed by atoms with Crippen molar-refractivity contribution in [1.29, 1.82) is 0 Å². The Kier molecular flexibility index (Phi) is 3.81. The fourth-order valence-corrected chi connectivity index (χ4v) is 5.25. The van der Waals surface area contributed by atoms with Gasteiger partial charge < -0.3 is 20.3 Å². The number of aromatic carboxylic acids is 1. The summed E-state index contributed by atoms with van der Waals surface area (Å²) in [6.45, 7) is 1.17. The summed E-state index contributed by atoms with van der Waals surface area (Å²) in [5.41, 5.74) is 5.99. The molecule has 2 aliphatic carbocycles. The van der Waals surface area contributed by atoms with Crippen molar-refractivity contribution in [3.63, 3.8) is 0 Å². The Morgan fingerprint density at radius 3 is 2.61 bits per heavy atom. The molecule has 2 heterocycles. The van der Waals surface area contributed by atoms with Crippen LogP contribution in [0.1, 0.15) is 48.5 Å². The zero-order valence-electron chi connectivity index (χ0n) is 15.3. The van der Waals surface area contributed by atoms with Crippen molar-refractivity contribution in [1.82, 2.24) is 4.57 Å². The lowest BCUT2D eigenvalue weighted by molar-refractivity contribution is 0.0695. The second-order valence-electron chi connectivity index (χ2n) is 8.44. The maximum absolute atomic E-state index is 15.1. The third kappa shape index (κ3) is 2.42. The molecule has 1 spiro atoms. The molecule has 148 valence electrons. The highest BCUT2D eigenvalue weighted by atomic mass is 35.5. The molecule has 1 aromatic carbocycles. The van der Waals surface area contributed by atoms with E-state index in [0.29, 0.717) is 18.6 Å². The van der Waals surface area contributed by atoms with E-state index in [-0.39, 0.29) is 39.2 Å². The quantitative estimate of drug-likeness (QED) is 0.818. The maximum atomic E-state index is 15.1. The molecule has 5 rings (SSSR count). The molecule has 6 nitrogen and oxygen atoms in total. The van der Waals surface area contributed by atoms with E-state index in [2.05, 4.69) is 0 Å². The van der Waals surface area contributed by atoms with E-state index < -0.39 is 17.2 Å². The van der Waals surface area contributed by atoms with E-state index in [4.69, 9.17) is 17.3 Å². The number of carboxylic acids is 1. The third-order valence-corrected chi connectivity index (χ3v) is 7.09. The molecule has 3 N–H and O–H groups in total. The zero-order valence-corrected chi connectivity index (χ0v) is 16.0.